The quantitative estimate of drug-likeness (QED) is 0.258. The molecule has 0 saturated carbocycles. The van der Waals surface area contributed by atoms with Crippen molar-refractivity contribution in [1.82, 2.24) is 10.3 Å². The number of aromatic nitrogens is 1. The first-order valence-electron chi connectivity index (χ1n) is 9.74. The van der Waals surface area contributed by atoms with Gasteiger partial charge in [-0.2, -0.15) is 0 Å². The molecule has 0 saturated heterocycles. The van der Waals surface area contributed by atoms with Crippen LogP contribution in [0.1, 0.15) is 23.3 Å². The Morgan fingerprint density at radius 2 is 1.94 bits per heavy atom. The SMILES string of the molecule is NC(=O)c1nc(Nc2ccc3ccccc3c2)sc1NC(=O)C#CCCCNCCO. The van der Waals surface area contributed by atoms with Crippen molar-refractivity contribution in [1.29, 1.82) is 0 Å². The summed E-state index contributed by atoms with van der Waals surface area (Å²) in [6, 6.07) is 13.8. The minimum Gasteiger partial charge on any atom is -0.395 e. The number of hydrogen-bond donors (Lipinski definition) is 5. The van der Waals surface area contributed by atoms with Gasteiger partial charge in [-0.15, -0.1) is 0 Å². The van der Waals surface area contributed by atoms with E-state index in [1.54, 1.807) is 0 Å². The number of unbranched alkanes of at least 4 members (excludes halogenated alkanes) is 1. The van der Waals surface area contributed by atoms with E-state index < -0.39 is 11.8 Å². The molecule has 1 aromatic heterocycles. The lowest BCUT2D eigenvalue weighted by atomic mass is 10.1. The van der Waals surface area contributed by atoms with E-state index in [1.165, 1.54) is 0 Å². The molecule has 0 radical (unpaired) electrons. The van der Waals surface area contributed by atoms with E-state index in [0.717, 1.165) is 34.2 Å². The molecule has 0 spiro atoms. The summed E-state index contributed by atoms with van der Waals surface area (Å²) in [6.45, 7) is 1.33. The molecule has 0 aliphatic carbocycles. The van der Waals surface area contributed by atoms with E-state index in [2.05, 4.69) is 32.8 Å². The highest BCUT2D eigenvalue weighted by Gasteiger charge is 2.17. The molecule has 0 unspecified atom stereocenters. The number of aliphatic hydroxyl groups excluding tert-OH is 1. The number of primary amides is 1. The molecule has 2 aromatic carbocycles. The second-order valence-electron chi connectivity index (χ2n) is 6.58. The molecular formula is C22H23N5O3S. The standard InChI is InChI=1S/C22H23N5O3S/c23-20(30)19-21(26-18(29)8-2-1-5-11-24-12-13-28)31-22(27-19)25-17-10-9-15-6-3-4-7-16(15)14-17/h3-4,6-7,9-10,14,24,28H,1,5,11-13H2,(H2,23,30)(H,25,27)(H,26,29). The second-order valence-corrected chi connectivity index (χ2v) is 7.58. The Morgan fingerprint density at radius 3 is 2.71 bits per heavy atom. The molecule has 2 amide bonds. The number of anilines is 3. The van der Waals surface area contributed by atoms with Crippen LogP contribution in [0.25, 0.3) is 10.8 Å². The zero-order valence-corrected chi connectivity index (χ0v) is 17.6. The number of benzene rings is 2. The van der Waals surface area contributed by atoms with Crippen molar-refractivity contribution in [2.75, 3.05) is 30.3 Å². The van der Waals surface area contributed by atoms with Gasteiger partial charge in [0.2, 0.25) is 0 Å². The number of carbonyl (C=O) groups is 2. The number of fused-ring (bicyclic) bond motifs is 1. The smallest absolute Gasteiger partial charge is 0.300 e. The molecule has 6 N–H and O–H groups in total. The Bertz CT molecular complexity index is 1130. The minimum atomic E-state index is -0.735. The lowest BCUT2D eigenvalue weighted by Gasteiger charge is -2.04. The van der Waals surface area contributed by atoms with Gasteiger partial charge >= 0.3 is 5.91 Å². The van der Waals surface area contributed by atoms with Gasteiger partial charge in [-0.1, -0.05) is 47.6 Å². The molecule has 9 heteroatoms. The molecule has 31 heavy (non-hydrogen) atoms. The van der Waals surface area contributed by atoms with Gasteiger partial charge in [0.15, 0.2) is 10.8 Å². The lowest BCUT2D eigenvalue weighted by molar-refractivity contribution is -0.111. The van der Waals surface area contributed by atoms with Crippen LogP contribution in [0, 0.1) is 11.8 Å². The van der Waals surface area contributed by atoms with Crippen LogP contribution in [-0.4, -0.2) is 41.6 Å². The van der Waals surface area contributed by atoms with Crippen LogP contribution in [-0.2, 0) is 4.79 Å². The number of thiazole rings is 1. The van der Waals surface area contributed by atoms with Gasteiger partial charge in [0.05, 0.1) is 6.61 Å². The molecule has 160 valence electrons. The summed E-state index contributed by atoms with van der Waals surface area (Å²) < 4.78 is 0. The predicted molar refractivity (Wildman–Crippen MR) is 123 cm³/mol. The van der Waals surface area contributed by atoms with Crippen LogP contribution >= 0.6 is 11.3 Å². The maximum Gasteiger partial charge on any atom is 0.300 e. The molecule has 3 aromatic rings. The van der Waals surface area contributed by atoms with Gasteiger partial charge in [0.25, 0.3) is 5.91 Å². The zero-order valence-electron chi connectivity index (χ0n) is 16.8. The van der Waals surface area contributed by atoms with Gasteiger partial charge in [0.1, 0.15) is 5.00 Å². The summed E-state index contributed by atoms with van der Waals surface area (Å²) in [6.07, 6.45) is 1.29. The van der Waals surface area contributed by atoms with Crippen molar-refractivity contribution < 1.29 is 14.7 Å². The fourth-order valence-corrected chi connectivity index (χ4v) is 3.68. The molecule has 8 nitrogen and oxygen atoms in total. The van der Waals surface area contributed by atoms with Crippen LogP contribution in [0.5, 0.6) is 0 Å². The monoisotopic (exact) mass is 437 g/mol. The van der Waals surface area contributed by atoms with Gasteiger partial charge in [-0.25, -0.2) is 4.98 Å². The average molecular weight is 438 g/mol. The Kier molecular flexibility index (Phi) is 7.95. The fraction of sp³-hybridized carbons (Fsp3) is 0.227. The molecule has 1 heterocycles. The number of amides is 2. The normalized spacial score (nSPS) is 10.4. The van der Waals surface area contributed by atoms with E-state index in [1.807, 2.05) is 42.5 Å². The maximum atomic E-state index is 12.1. The highest BCUT2D eigenvalue weighted by atomic mass is 32.1. The highest BCUT2D eigenvalue weighted by Crippen LogP contribution is 2.31. The number of rotatable bonds is 9. The number of nitrogens with zero attached hydrogens (tertiary/aromatic N) is 1. The summed E-state index contributed by atoms with van der Waals surface area (Å²) in [5, 5.41) is 20.3. The van der Waals surface area contributed by atoms with Crippen molar-refractivity contribution in [3.05, 3.63) is 48.2 Å². The largest absolute Gasteiger partial charge is 0.395 e. The van der Waals surface area contributed by atoms with Crippen LogP contribution in [0.4, 0.5) is 15.8 Å². The van der Waals surface area contributed by atoms with E-state index in [-0.39, 0.29) is 17.3 Å². The van der Waals surface area contributed by atoms with Crippen LogP contribution in [0.15, 0.2) is 42.5 Å². The van der Waals surface area contributed by atoms with Gasteiger partial charge < -0.3 is 26.8 Å². The number of nitrogens with two attached hydrogens (primary N) is 1. The van der Waals surface area contributed by atoms with E-state index in [0.29, 0.717) is 24.6 Å². The molecule has 0 aliphatic rings. The summed E-state index contributed by atoms with van der Waals surface area (Å²) in [5.41, 5.74) is 6.20. The summed E-state index contributed by atoms with van der Waals surface area (Å²) in [4.78, 5) is 28.1. The van der Waals surface area contributed by atoms with Gasteiger partial charge in [-0.3, -0.25) is 9.59 Å². The molecule has 3 rings (SSSR count). The first-order chi connectivity index (χ1) is 15.1. The van der Waals surface area contributed by atoms with Crippen molar-refractivity contribution in [2.45, 2.75) is 12.8 Å². The second kappa shape index (κ2) is 11.1. The van der Waals surface area contributed by atoms with Crippen molar-refractivity contribution >= 4 is 49.7 Å². The third kappa shape index (κ3) is 6.52. The Hall–Kier alpha value is -3.45. The first kappa shape index (κ1) is 22.2. The Morgan fingerprint density at radius 1 is 1.13 bits per heavy atom. The minimum absolute atomic E-state index is 0.0170. The molecule has 0 atom stereocenters. The zero-order chi connectivity index (χ0) is 22.1. The highest BCUT2D eigenvalue weighted by molar-refractivity contribution is 7.20. The summed E-state index contributed by atoms with van der Waals surface area (Å²) >= 11 is 1.11. The average Bonchev–Trinajstić information content (AvgIpc) is 3.15. The van der Waals surface area contributed by atoms with Crippen LogP contribution < -0.4 is 21.7 Å². The molecular weight excluding hydrogens is 414 g/mol. The number of nitrogens with one attached hydrogen (secondary N) is 3. The van der Waals surface area contributed by atoms with Crippen LogP contribution in [0.3, 0.4) is 0 Å². The summed E-state index contributed by atoms with van der Waals surface area (Å²) in [5.74, 6) is 4.01. The fourth-order valence-electron chi connectivity index (χ4n) is 2.80. The van der Waals surface area contributed by atoms with E-state index in [9.17, 15) is 9.59 Å². The Balaban J connectivity index is 1.64. The number of aliphatic hydroxyl groups is 1. The molecule has 0 fully saturated rings. The van der Waals surface area contributed by atoms with Crippen molar-refractivity contribution in [3.8, 4) is 11.8 Å². The van der Waals surface area contributed by atoms with Gasteiger partial charge in [-0.05, 0) is 41.8 Å². The van der Waals surface area contributed by atoms with Crippen LogP contribution in [0.2, 0.25) is 0 Å². The van der Waals surface area contributed by atoms with Crippen molar-refractivity contribution in [2.24, 2.45) is 5.73 Å². The molecule has 0 bridgehead atoms. The third-order valence-corrected chi connectivity index (χ3v) is 5.12. The Labute approximate surface area is 183 Å². The van der Waals surface area contributed by atoms with E-state index in [4.69, 9.17) is 10.8 Å². The van der Waals surface area contributed by atoms with E-state index >= 15 is 0 Å². The lowest BCUT2D eigenvalue weighted by Crippen LogP contribution is -2.19. The number of carbonyl (C=O) groups excluding carboxylic acids is 2. The first-order valence-corrected chi connectivity index (χ1v) is 10.6. The third-order valence-electron chi connectivity index (χ3n) is 4.23. The summed E-state index contributed by atoms with van der Waals surface area (Å²) in [7, 11) is 0. The number of hydrogen-bond acceptors (Lipinski definition) is 7. The van der Waals surface area contributed by atoms with Crippen molar-refractivity contribution in [3.63, 3.8) is 0 Å². The van der Waals surface area contributed by atoms with Gasteiger partial charge in [0, 0.05) is 18.7 Å². The predicted octanol–water partition coefficient (Wildman–Crippen LogP) is 2.44. The molecule has 0 aliphatic heterocycles. The topological polar surface area (TPSA) is 129 Å². The maximum absolute atomic E-state index is 12.1.